The van der Waals surface area contributed by atoms with E-state index in [1.54, 1.807) is 0 Å². The first-order valence-electron chi connectivity index (χ1n) is 9.52. The summed E-state index contributed by atoms with van der Waals surface area (Å²) in [7, 11) is 0. The Morgan fingerprint density at radius 2 is 1.83 bits per heavy atom. The van der Waals surface area contributed by atoms with Crippen LogP contribution < -0.4 is 10.6 Å². The number of anilines is 2. The molecule has 0 saturated heterocycles. The van der Waals surface area contributed by atoms with Crippen LogP contribution in [0.2, 0.25) is 0 Å². The highest BCUT2D eigenvalue weighted by Crippen LogP contribution is 2.27. The third-order valence-electron chi connectivity index (χ3n) is 4.57. The van der Waals surface area contributed by atoms with Crippen molar-refractivity contribution in [2.45, 2.75) is 40.5 Å². The molecule has 7 heteroatoms. The third kappa shape index (κ3) is 5.31. The number of thiophene rings is 1. The molecule has 0 fully saturated rings. The SMILES string of the molecule is Cc1cc(C)c(NC(=O)c2sc(NCCCC(=O)c3cccs3)nc2C)c(C)c1. The van der Waals surface area contributed by atoms with Crippen molar-refractivity contribution in [2.75, 3.05) is 17.2 Å². The fourth-order valence-corrected chi connectivity index (χ4v) is 4.82. The number of aryl methyl sites for hydroxylation is 4. The lowest BCUT2D eigenvalue weighted by Crippen LogP contribution is -2.13. The van der Waals surface area contributed by atoms with Gasteiger partial charge in [0.05, 0.1) is 10.6 Å². The minimum Gasteiger partial charge on any atom is -0.361 e. The highest BCUT2D eigenvalue weighted by Gasteiger charge is 2.17. The van der Waals surface area contributed by atoms with Crippen molar-refractivity contribution in [3.8, 4) is 0 Å². The zero-order chi connectivity index (χ0) is 21.0. The Morgan fingerprint density at radius 3 is 2.48 bits per heavy atom. The van der Waals surface area contributed by atoms with E-state index in [-0.39, 0.29) is 11.7 Å². The van der Waals surface area contributed by atoms with Crippen molar-refractivity contribution < 1.29 is 9.59 Å². The van der Waals surface area contributed by atoms with Crippen LogP contribution in [0.4, 0.5) is 10.8 Å². The molecule has 0 radical (unpaired) electrons. The molecule has 2 aromatic heterocycles. The Kier molecular flexibility index (Phi) is 6.82. The van der Waals surface area contributed by atoms with E-state index < -0.39 is 0 Å². The Labute approximate surface area is 179 Å². The van der Waals surface area contributed by atoms with Crippen molar-refractivity contribution in [1.29, 1.82) is 0 Å². The molecule has 0 aliphatic rings. The van der Waals surface area contributed by atoms with E-state index in [1.807, 2.05) is 45.2 Å². The van der Waals surface area contributed by atoms with Crippen LogP contribution in [0.3, 0.4) is 0 Å². The molecule has 2 N–H and O–H groups in total. The first-order valence-corrected chi connectivity index (χ1v) is 11.2. The number of ketones is 1. The van der Waals surface area contributed by atoms with Crippen molar-refractivity contribution in [3.63, 3.8) is 0 Å². The quantitative estimate of drug-likeness (QED) is 0.354. The number of hydrogen-bond donors (Lipinski definition) is 2. The van der Waals surface area contributed by atoms with E-state index in [2.05, 4.69) is 27.8 Å². The number of nitrogens with zero attached hydrogens (tertiary/aromatic N) is 1. The van der Waals surface area contributed by atoms with Gasteiger partial charge in [0.15, 0.2) is 10.9 Å². The topological polar surface area (TPSA) is 71.1 Å². The molecule has 1 amide bonds. The Balaban J connectivity index is 1.57. The number of nitrogens with one attached hydrogen (secondary N) is 2. The van der Waals surface area contributed by atoms with Gasteiger partial charge in [-0.15, -0.1) is 11.3 Å². The first-order chi connectivity index (χ1) is 13.8. The largest absolute Gasteiger partial charge is 0.361 e. The number of carbonyl (C=O) groups excluding carboxylic acids is 2. The van der Waals surface area contributed by atoms with Gasteiger partial charge in [-0.25, -0.2) is 4.98 Å². The molecule has 152 valence electrons. The Bertz CT molecular complexity index is 1000. The van der Waals surface area contributed by atoms with Crippen LogP contribution in [-0.4, -0.2) is 23.2 Å². The highest BCUT2D eigenvalue weighted by atomic mass is 32.1. The molecular formula is C22H25N3O2S2. The molecule has 3 aromatic rings. The highest BCUT2D eigenvalue weighted by molar-refractivity contribution is 7.17. The van der Waals surface area contributed by atoms with Crippen LogP contribution in [0, 0.1) is 27.7 Å². The average Bonchev–Trinajstić information content (AvgIpc) is 3.31. The van der Waals surface area contributed by atoms with E-state index in [4.69, 9.17) is 0 Å². The number of rotatable bonds is 8. The molecule has 0 aliphatic carbocycles. The van der Waals surface area contributed by atoms with Gasteiger partial charge in [-0.3, -0.25) is 9.59 Å². The van der Waals surface area contributed by atoms with E-state index in [9.17, 15) is 9.59 Å². The molecule has 1 aromatic carbocycles. The predicted molar refractivity (Wildman–Crippen MR) is 122 cm³/mol. The van der Waals surface area contributed by atoms with Crippen LogP contribution in [-0.2, 0) is 0 Å². The van der Waals surface area contributed by atoms with Crippen LogP contribution in [0.1, 0.15) is 54.6 Å². The second-order valence-corrected chi connectivity index (χ2v) is 9.04. The number of aromatic nitrogens is 1. The van der Waals surface area contributed by atoms with E-state index in [0.717, 1.165) is 28.1 Å². The standard InChI is InChI=1S/C22H25N3O2S2/c1-13-11-14(2)19(15(3)12-13)25-21(27)20-16(4)24-22(29-20)23-9-5-7-17(26)18-8-6-10-28-18/h6,8,10-12H,5,7,9H2,1-4H3,(H,23,24)(H,25,27). The van der Waals surface area contributed by atoms with Gasteiger partial charge in [-0.1, -0.05) is 35.1 Å². The Morgan fingerprint density at radius 1 is 1.10 bits per heavy atom. The predicted octanol–water partition coefficient (Wildman–Crippen LogP) is 5.77. The summed E-state index contributed by atoms with van der Waals surface area (Å²) in [6, 6.07) is 7.87. The first kappa shape index (κ1) is 21.2. The van der Waals surface area contributed by atoms with Gasteiger partial charge >= 0.3 is 0 Å². The fraction of sp³-hybridized carbons (Fsp3) is 0.318. The summed E-state index contributed by atoms with van der Waals surface area (Å²) in [4.78, 5) is 30.7. The zero-order valence-electron chi connectivity index (χ0n) is 17.1. The molecule has 5 nitrogen and oxygen atoms in total. The normalized spacial score (nSPS) is 10.8. The van der Waals surface area contributed by atoms with Crippen molar-refractivity contribution in [1.82, 2.24) is 4.98 Å². The monoisotopic (exact) mass is 427 g/mol. The molecule has 0 spiro atoms. The molecular weight excluding hydrogens is 402 g/mol. The van der Waals surface area contributed by atoms with Gasteiger partial charge in [0.1, 0.15) is 4.88 Å². The van der Waals surface area contributed by atoms with Crippen LogP contribution in [0.25, 0.3) is 0 Å². The lowest BCUT2D eigenvalue weighted by molar-refractivity contribution is 0.0983. The van der Waals surface area contributed by atoms with E-state index in [0.29, 0.717) is 28.7 Å². The number of hydrogen-bond acceptors (Lipinski definition) is 6. The molecule has 2 heterocycles. The second-order valence-electron chi connectivity index (χ2n) is 7.09. The summed E-state index contributed by atoms with van der Waals surface area (Å²) in [5.74, 6) is 0.0250. The maximum atomic E-state index is 12.8. The van der Waals surface area contributed by atoms with Crippen molar-refractivity contribution >= 4 is 45.2 Å². The van der Waals surface area contributed by atoms with Gasteiger partial charge in [0.25, 0.3) is 5.91 Å². The van der Waals surface area contributed by atoms with Crippen LogP contribution >= 0.6 is 22.7 Å². The summed E-state index contributed by atoms with van der Waals surface area (Å²) in [5, 5.41) is 8.88. The van der Waals surface area contributed by atoms with E-state index >= 15 is 0 Å². The lowest BCUT2D eigenvalue weighted by atomic mass is 10.1. The maximum Gasteiger partial charge on any atom is 0.267 e. The van der Waals surface area contributed by atoms with E-state index in [1.165, 1.54) is 28.2 Å². The Hall–Kier alpha value is -2.51. The smallest absolute Gasteiger partial charge is 0.267 e. The minimum absolute atomic E-state index is 0.143. The number of Topliss-reactive ketones (excluding diaryl/α,β-unsaturated/α-hetero) is 1. The molecule has 0 atom stereocenters. The third-order valence-corrected chi connectivity index (χ3v) is 6.60. The summed E-state index contributed by atoms with van der Waals surface area (Å²) < 4.78 is 0. The van der Waals surface area contributed by atoms with Crippen LogP contribution in [0.15, 0.2) is 29.6 Å². The maximum absolute atomic E-state index is 12.8. The lowest BCUT2D eigenvalue weighted by Gasteiger charge is -2.12. The van der Waals surface area contributed by atoms with Crippen LogP contribution in [0.5, 0.6) is 0 Å². The second kappa shape index (κ2) is 9.33. The molecule has 3 rings (SSSR count). The number of amides is 1. The fourth-order valence-electron chi connectivity index (χ4n) is 3.23. The molecule has 0 unspecified atom stereocenters. The molecule has 0 aliphatic heterocycles. The number of carbonyl (C=O) groups is 2. The average molecular weight is 428 g/mol. The van der Waals surface area contributed by atoms with Gasteiger partial charge in [0, 0.05) is 18.7 Å². The minimum atomic E-state index is -0.143. The number of benzene rings is 1. The summed E-state index contributed by atoms with van der Waals surface area (Å²) in [5.41, 5.74) is 4.83. The van der Waals surface area contributed by atoms with Gasteiger partial charge < -0.3 is 10.6 Å². The van der Waals surface area contributed by atoms with Gasteiger partial charge in [-0.05, 0) is 56.7 Å². The van der Waals surface area contributed by atoms with Gasteiger partial charge in [0.2, 0.25) is 0 Å². The van der Waals surface area contributed by atoms with Crippen molar-refractivity contribution in [3.05, 3.63) is 61.8 Å². The zero-order valence-corrected chi connectivity index (χ0v) is 18.7. The summed E-state index contributed by atoms with van der Waals surface area (Å²) >= 11 is 2.81. The molecule has 0 bridgehead atoms. The van der Waals surface area contributed by atoms with Gasteiger partial charge in [-0.2, -0.15) is 0 Å². The van der Waals surface area contributed by atoms with Crippen molar-refractivity contribution in [2.24, 2.45) is 0 Å². The molecule has 29 heavy (non-hydrogen) atoms. The molecule has 0 saturated carbocycles. The summed E-state index contributed by atoms with van der Waals surface area (Å²) in [6.45, 7) is 8.52. The number of thiazole rings is 1. The summed E-state index contributed by atoms with van der Waals surface area (Å²) in [6.07, 6.45) is 1.22.